The van der Waals surface area contributed by atoms with Crippen LogP contribution in [0, 0.1) is 11.8 Å². The standard InChI is InChI=1S/C35H46O7/c1-4-7-8-10-25-12-14-26(15-13-25)11-9-24-40-30-22-20-28(21-23-30)27-16-18-29(19-17-27)35-41-31(33(36)38-5-2)32(42-35)34(37)39-6-3/h9,11,16-23,25-26,31-32,35H,4-8,10,12-15,24H2,1-3H3/t25-,26-,31-,32-/m1/s1. The van der Waals surface area contributed by atoms with E-state index in [0.29, 0.717) is 18.1 Å². The number of esters is 2. The molecule has 7 nitrogen and oxygen atoms in total. The van der Waals surface area contributed by atoms with Crippen LogP contribution in [0.3, 0.4) is 0 Å². The molecule has 1 saturated heterocycles. The lowest BCUT2D eigenvalue weighted by molar-refractivity contribution is -0.163. The van der Waals surface area contributed by atoms with Gasteiger partial charge in [0.15, 0.2) is 18.5 Å². The lowest BCUT2D eigenvalue weighted by atomic mass is 9.79. The summed E-state index contributed by atoms with van der Waals surface area (Å²) in [6.45, 7) is 6.59. The Hall–Kier alpha value is -3.16. The zero-order valence-electron chi connectivity index (χ0n) is 25.3. The molecule has 0 spiro atoms. The van der Waals surface area contributed by atoms with Crippen molar-refractivity contribution < 1.29 is 33.3 Å². The highest BCUT2D eigenvalue weighted by Crippen LogP contribution is 2.35. The van der Waals surface area contributed by atoms with Crippen molar-refractivity contribution in [2.45, 2.75) is 90.6 Å². The van der Waals surface area contributed by atoms with Crippen LogP contribution in [0.15, 0.2) is 60.7 Å². The van der Waals surface area contributed by atoms with Crippen LogP contribution in [-0.4, -0.2) is 44.0 Å². The predicted octanol–water partition coefficient (Wildman–Crippen LogP) is 7.58. The van der Waals surface area contributed by atoms with Crippen molar-refractivity contribution in [2.24, 2.45) is 11.8 Å². The summed E-state index contributed by atoms with van der Waals surface area (Å²) in [5.41, 5.74) is 2.75. The van der Waals surface area contributed by atoms with E-state index in [1.807, 2.05) is 48.5 Å². The number of rotatable bonds is 14. The average molecular weight is 579 g/mol. The van der Waals surface area contributed by atoms with Crippen molar-refractivity contribution in [1.29, 1.82) is 0 Å². The second kappa shape index (κ2) is 16.5. The van der Waals surface area contributed by atoms with Crippen molar-refractivity contribution in [3.05, 3.63) is 66.2 Å². The van der Waals surface area contributed by atoms with Crippen LogP contribution < -0.4 is 4.74 Å². The minimum Gasteiger partial charge on any atom is -0.490 e. The van der Waals surface area contributed by atoms with E-state index in [4.69, 9.17) is 23.7 Å². The SMILES string of the molecule is CCCCC[C@H]1CC[C@H](C=CCOc2ccc(-c3ccc(C4O[C@@H](C(=O)OCC)[C@H](C(=O)OCC)O4)cc3)cc2)CC1. The first kappa shape index (κ1) is 31.8. The second-order valence-electron chi connectivity index (χ2n) is 11.1. The Morgan fingerprint density at radius 3 is 1.90 bits per heavy atom. The molecule has 0 radical (unpaired) electrons. The van der Waals surface area contributed by atoms with Gasteiger partial charge in [0, 0.05) is 5.56 Å². The van der Waals surface area contributed by atoms with Crippen molar-refractivity contribution in [2.75, 3.05) is 19.8 Å². The van der Waals surface area contributed by atoms with E-state index in [2.05, 4.69) is 19.1 Å². The van der Waals surface area contributed by atoms with E-state index in [1.165, 1.54) is 51.4 Å². The largest absolute Gasteiger partial charge is 0.490 e. The van der Waals surface area contributed by atoms with Gasteiger partial charge in [-0.3, -0.25) is 0 Å². The van der Waals surface area contributed by atoms with Gasteiger partial charge >= 0.3 is 11.9 Å². The molecule has 0 unspecified atom stereocenters. The molecule has 0 aromatic heterocycles. The maximum atomic E-state index is 12.4. The van der Waals surface area contributed by atoms with Gasteiger partial charge < -0.3 is 23.7 Å². The average Bonchev–Trinajstić information content (AvgIpc) is 3.47. The maximum absolute atomic E-state index is 12.4. The van der Waals surface area contributed by atoms with Crippen molar-refractivity contribution in [1.82, 2.24) is 0 Å². The smallest absolute Gasteiger partial charge is 0.338 e. The molecule has 0 N–H and O–H groups in total. The molecule has 1 aliphatic heterocycles. The number of carbonyl (C=O) groups excluding carboxylic acids is 2. The first-order valence-electron chi connectivity index (χ1n) is 15.7. The van der Waals surface area contributed by atoms with Crippen LogP contribution in [0.25, 0.3) is 11.1 Å². The highest BCUT2D eigenvalue weighted by atomic mass is 16.8. The highest BCUT2D eigenvalue weighted by molar-refractivity contribution is 5.86. The molecule has 4 rings (SSSR count). The number of allylic oxidation sites excluding steroid dienone is 1. The minimum absolute atomic E-state index is 0.175. The maximum Gasteiger partial charge on any atom is 0.338 e. The van der Waals surface area contributed by atoms with Gasteiger partial charge in [-0.1, -0.05) is 81.2 Å². The van der Waals surface area contributed by atoms with Gasteiger partial charge in [-0.05, 0) is 74.6 Å². The molecule has 7 heteroatoms. The van der Waals surface area contributed by atoms with Gasteiger partial charge in [-0.15, -0.1) is 0 Å². The lowest BCUT2D eigenvalue weighted by Crippen LogP contribution is -2.39. The quantitative estimate of drug-likeness (QED) is 0.130. The number of hydrogen-bond donors (Lipinski definition) is 0. The van der Waals surface area contributed by atoms with E-state index in [-0.39, 0.29) is 13.2 Å². The molecule has 1 saturated carbocycles. The first-order chi connectivity index (χ1) is 20.5. The molecule has 0 bridgehead atoms. The number of unbranched alkanes of at least 4 members (excludes halogenated alkanes) is 2. The monoisotopic (exact) mass is 578 g/mol. The molecule has 2 atom stereocenters. The van der Waals surface area contributed by atoms with Gasteiger partial charge in [0.25, 0.3) is 0 Å². The van der Waals surface area contributed by atoms with E-state index >= 15 is 0 Å². The number of hydrogen-bond acceptors (Lipinski definition) is 7. The Kier molecular flexibility index (Phi) is 12.5. The molecule has 2 fully saturated rings. The van der Waals surface area contributed by atoms with Gasteiger partial charge in [-0.2, -0.15) is 0 Å². The zero-order chi connectivity index (χ0) is 29.7. The molecule has 1 heterocycles. The molecular formula is C35H46O7. The van der Waals surface area contributed by atoms with E-state index < -0.39 is 30.4 Å². The molecule has 2 aromatic carbocycles. The summed E-state index contributed by atoms with van der Waals surface area (Å²) >= 11 is 0. The fourth-order valence-corrected chi connectivity index (χ4v) is 5.73. The van der Waals surface area contributed by atoms with Crippen LogP contribution in [-0.2, 0) is 28.5 Å². The highest BCUT2D eigenvalue weighted by Gasteiger charge is 2.47. The zero-order valence-corrected chi connectivity index (χ0v) is 25.3. The summed E-state index contributed by atoms with van der Waals surface area (Å²) < 4.78 is 27.7. The summed E-state index contributed by atoms with van der Waals surface area (Å²) in [5, 5.41) is 0. The Labute approximate surface area is 250 Å². The fraction of sp³-hybridized carbons (Fsp3) is 0.543. The van der Waals surface area contributed by atoms with Crippen LogP contribution in [0.1, 0.15) is 84.0 Å². The number of ether oxygens (including phenoxy) is 5. The Morgan fingerprint density at radius 2 is 1.36 bits per heavy atom. The molecule has 42 heavy (non-hydrogen) atoms. The molecule has 0 amide bonds. The topological polar surface area (TPSA) is 80.3 Å². The van der Waals surface area contributed by atoms with Gasteiger partial charge in [0.2, 0.25) is 0 Å². The summed E-state index contributed by atoms with van der Waals surface area (Å²) in [6.07, 6.45) is 12.1. The summed E-state index contributed by atoms with van der Waals surface area (Å²) in [7, 11) is 0. The molecule has 1 aliphatic carbocycles. The molecule has 228 valence electrons. The Bertz CT molecular complexity index is 1110. The predicted molar refractivity (Wildman–Crippen MR) is 162 cm³/mol. The first-order valence-corrected chi connectivity index (χ1v) is 15.7. The lowest BCUT2D eigenvalue weighted by Gasteiger charge is -2.26. The van der Waals surface area contributed by atoms with Crippen molar-refractivity contribution >= 4 is 11.9 Å². The summed E-state index contributed by atoms with van der Waals surface area (Å²) in [5.74, 6) is 1.17. The Morgan fingerprint density at radius 1 is 0.786 bits per heavy atom. The number of carbonyl (C=O) groups is 2. The van der Waals surface area contributed by atoms with Crippen LogP contribution in [0.5, 0.6) is 5.75 Å². The van der Waals surface area contributed by atoms with Gasteiger partial charge in [0.1, 0.15) is 12.4 Å². The van der Waals surface area contributed by atoms with Crippen LogP contribution in [0.4, 0.5) is 0 Å². The van der Waals surface area contributed by atoms with Crippen LogP contribution in [0.2, 0.25) is 0 Å². The Balaban J connectivity index is 1.25. The van der Waals surface area contributed by atoms with Gasteiger partial charge in [0.05, 0.1) is 13.2 Å². The second-order valence-corrected chi connectivity index (χ2v) is 11.1. The molecular weight excluding hydrogens is 532 g/mol. The normalized spacial score (nSPS) is 22.7. The van der Waals surface area contributed by atoms with E-state index in [0.717, 1.165) is 22.8 Å². The summed E-state index contributed by atoms with van der Waals surface area (Å²) in [6, 6.07) is 15.7. The fourth-order valence-electron chi connectivity index (χ4n) is 5.73. The third kappa shape index (κ3) is 8.92. The molecule has 2 aromatic rings. The van der Waals surface area contributed by atoms with Gasteiger partial charge in [-0.25, -0.2) is 9.59 Å². The van der Waals surface area contributed by atoms with Crippen LogP contribution >= 0.6 is 0 Å². The summed E-state index contributed by atoms with van der Waals surface area (Å²) in [4.78, 5) is 24.7. The number of benzene rings is 2. The third-order valence-corrected chi connectivity index (χ3v) is 8.09. The van der Waals surface area contributed by atoms with Crippen molar-refractivity contribution in [3.63, 3.8) is 0 Å². The molecule has 2 aliphatic rings. The van der Waals surface area contributed by atoms with E-state index in [9.17, 15) is 9.59 Å². The minimum atomic E-state index is -1.17. The third-order valence-electron chi connectivity index (χ3n) is 8.09. The van der Waals surface area contributed by atoms with E-state index in [1.54, 1.807) is 13.8 Å². The van der Waals surface area contributed by atoms with Crippen molar-refractivity contribution in [3.8, 4) is 16.9 Å².